The molecule has 7 nitrogen and oxygen atoms in total. The summed E-state index contributed by atoms with van der Waals surface area (Å²) in [4.78, 5) is 40.6. The Balaban J connectivity index is 2.50. The van der Waals surface area contributed by atoms with E-state index in [-0.39, 0.29) is 11.5 Å². The van der Waals surface area contributed by atoms with Gasteiger partial charge in [-0.15, -0.1) is 0 Å². The number of fused-ring (bicyclic) bond motifs is 1. The number of nitrogens with zero attached hydrogens (tertiary/aromatic N) is 2. The minimum atomic E-state index is -0.895. The van der Waals surface area contributed by atoms with Crippen molar-refractivity contribution in [3.8, 4) is 0 Å². The van der Waals surface area contributed by atoms with Crippen LogP contribution in [0, 0.1) is 5.92 Å². The largest absolute Gasteiger partial charge is 0.351 e. The minimum absolute atomic E-state index is 0.0807. The van der Waals surface area contributed by atoms with Crippen LogP contribution in [0.15, 0.2) is 34.2 Å². The normalized spacial score (nSPS) is 12.3. The third kappa shape index (κ3) is 4.39. The number of hydrogen-bond donors (Lipinski definition) is 2. The second kappa shape index (κ2) is 8.15. The summed E-state index contributed by atoms with van der Waals surface area (Å²) in [6, 6.07) is 6.23. The summed E-state index contributed by atoms with van der Waals surface area (Å²) < 4.78 is 1.58. The molecular formula is C17H22N4O3S. The van der Waals surface area contributed by atoms with Gasteiger partial charge < -0.3 is 5.73 Å². The molecule has 8 heteroatoms. The number of hydrogen-bond acceptors (Lipinski definition) is 5. The highest BCUT2D eigenvalue weighted by molar-refractivity contribution is 8.00. The molecule has 1 aromatic carbocycles. The number of thioether (sulfide) groups is 1. The first-order chi connectivity index (χ1) is 11.8. The molecule has 0 aliphatic heterocycles. The molecule has 0 spiro atoms. The SMILES string of the molecule is CCCn1c(SC(C(=O)NC(N)=O)C(C)C)nc2ccccc2c1=O. The van der Waals surface area contributed by atoms with Gasteiger partial charge in [-0.25, -0.2) is 9.78 Å². The fourth-order valence-corrected chi connectivity index (χ4v) is 3.57. The van der Waals surface area contributed by atoms with E-state index in [1.54, 1.807) is 22.8 Å². The van der Waals surface area contributed by atoms with Gasteiger partial charge >= 0.3 is 6.03 Å². The van der Waals surface area contributed by atoms with Crippen molar-refractivity contribution in [3.05, 3.63) is 34.6 Å². The zero-order chi connectivity index (χ0) is 18.6. The monoisotopic (exact) mass is 362 g/mol. The zero-order valence-electron chi connectivity index (χ0n) is 14.5. The molecule has 0 bridgehead atoms. The summed E-state index contributed by atoms with van der Waals surface area (Å²) in [5, 5.41) is 2.52. The number of amides is 3. The van der Waals surface area contributed by atoms with Gasteiger partial charge in [-0.1, -0.05) is 44.7 Å². The Bertz CT molecular complexity index is 847. The number of carbonyl (C=O) groups is 2. The highest BCUT2D eigenvalue weighted by Crippen LogP contribution is 2.27. The first-order valence-electron chi connectivity index (χ1n) is 8.11. The van der Waals surface area contributed by atoms with Crippen molar-refractivity contribution in [2.24, 2.45) is 11.7 Å². The third-order valence-electron chi connectivity index (χ3n) is 3.62. The topological polar surface area (TPSA) is 107 Å². The van der Waals surface area contributed by atoms with E-state index in [0.717, 1.165) is 6.42 Å². The van der Waals surface area contributed by atoms with Crippen LogP contribution in [0.5, 0.6) is 0 Å². The number of nitrogens with two attached hydrogens (primary N) is 1. The first kappa shape index (κ1) is 19.0. The van der Waals surface area contributed by atoms with E-state index in [2.05, 4.69) is 10.3 Å². The molecule has 3 amide bonds. The molecule has 134 valence electrons. The third-order valence-corrected chi connectivity index (χ3v) is 5.15. The lowest BCUT2D eigenvalue weighted by molar-refractivity contribution is -0.120. The van der Waals surface area contributed by atoms with Gasteiger partial charge in [-0.2, -0.15) is 0 Å². The maximum absolute atomic E-state index is 12.8. The van der Waals surface area contributed by atoms with Crippen molar-refractivity contribution >= 4 is 34.6 Å². The predicted molar refractivity (Wildman–Crippen MR) is 98.5 cm³/mol. The molecule has 0 aliphatic rings. The van der Waals surface area contributed by atoms with Gasteiger partial charge in [0.2, 0.25) is 5.91 Å². The van der Waals surface area contributed by atoms with E-state index in [9.17, 15) is 14.4 Å². The maximum atomic E-state index is 12.8. The van der Waals surface area contributed by atoms with Crippen LogP contribution in [0.3, 0.4) is 0 Å². The lowest BCUT2D eigenvalue weighted by Gasteiger charge is -2.20. The summed E-state index contributed by atoms with van der Waals surface area (Å²) >= 11 is 1.17. The molecule has 25 heavy (non-hydrogen) atoms. The van der Waals surface area contributed by atoms with Crippen molar-refractivity contribution in [1.82, 2.24) is 14.9 Å². The van der Waals surface area contributed by atoms with E-state index in [0.29, 0.717) is 22.6 Å². The molecule has 0 aliphatic carbocycles. The Morgan fingerprint density at radius 3 is 2.60 bits per heavy atom. The molecule has 1 aromatic heterocycles. The van der Waals surface area contributed by atoms with Crippen LogP contribution in [0.4, 0.5) is 4.79 Å². The Morgan fingerprint density at radius 1 is 1.32 bits per heavy atom. The number of primary amides is 1. The second-order valence-corrected chi connectivity index (χ2v) is 7.11. The lowest BCUT2D eigenvalue weighted by atomic mass is 10.1. The van der Waals surface area contributed by atoms with Crippen LogP contribution in [0.2, 0.25) is 0 Å². The van der Waals surface area contributed by atoms with Gasteiger partial charge in [0.25, 0.3) is 5.56 Å². The molecule has 1 unspecified atom stereocenters. The molecule has 0 radical (unpaired) electrons. The van der Waals surface area contributed by atoms with Crippen molar-refractivity contribution in [1.29, 1.82) is 0 Å². The first-order valence-corrected chi connectivity index (χ1v) is 8.99. The number of para-hydroxylation sites is 1. The van der Waals surface area contributed by atoms with Crippen LogP contribution in [0.1, 0.15) is 27.2 Å². The quantitative estimate of drug-likeness (QED) is 0.604. The summed E-state index contributed by atoms with van der Waals surface area (Å²) in [7, 11) is 0. The van der Waals surface area contributed by atoms with Crippen LogP contribution >= 0.6 is 11.8 Å². The van der Waals surface area contributed by atoms with Crippen LogP contribution in [-0.2, 0) is 11.3 Å². The molecule has 1 heterocycles. The average Bonchev–Trinajstić information content (AvgIpc) is 2.54. The van der Waals surface area contributed by atoms with Crippen LogP contribution in [-0.4, -0.2) is 26.7 Å². The van der Waals surface area contributed by atoms with Gasteiger partial charge in [-0.3, -0.25) is 19.5 Å². The highest BCUT2D eigenvalue weighted by atomic mass is 32.2. The maximum Gasteiger partial charge on any atom is 0.318 e. The molecule has 2 aromatic rings. The van der Waals surface area contributed by atoms with E-state index in [1.165, 1.54) is 11.8 Å². The number of carbonyl (C=O) groups excluding carboxylic acids is 2. The fourth-order valence-electron chi connectivity index (χ4n) is 2.46. The molecule has 0 fully saturated rings. The molecule has 2 rings (SSSR count). The van der Waals surface area contributed by atoms with Crippen LogP contribution in [0.25, 0.3) is 10.9 Å². The number of benzene rings is 1. The van der Waals surface area contributed by atoms with Gasteiger partial charge in [0.05, 0.1) is 16.2 Å². The summed E-state index contributed by atoms with van der Waals surface area (Å²) in [5.74, 6) is -0.569. The lowest BCUT2D eigenvalue weighted by Crippen LogP contribution is -2.42. The fraction of sp³-hybridized carbons (Fsp3) is 0.412. The number of nitrogens with one attached hydrogen (secondary N) is 1. The molecule has 3 N–H and O–H groups in total. The second-order valence-electron chi connectivity index (χ2n) is 6.00. The van der Waals surface area contributed by atoms with Gasteiger partial charge in [0.1, 0.15) is 0 Å². The molecular weight excluding hydrogens is 340 g/mol. The van der Waals surface area contributed by atoms with Gasteiger partial charge in [0.15, 0.2) is 5.16 Å². The number of imide groups is 1. The Morgan fingerprint density at radius 2 is 2.00 bits per heavy atom. The Hall–Kier alpha value is -2.35. The Kier molecular flexibility index (Phi) is 6.19. The van der Waals surface area contributed by atoms with Gasteiger partial charge in [-0.05, 0) is 24.5 Å². The molecule has 0 saturated carbocycles. The van der Waals surface area contributed by atoms with E-state index in [4.69, 9.17) is 5.73 Å². The summed E-state index contributed by atoms with van der Waals surface area (Å²) in [6.07, 6.45) is 0.757. The predicted octanol–water partition coefficient (Wildman–Crippen LogP) is 2.12. The van der Waals surface area contributed by atoms with Gasteiger partial charge in [0, 0.05) is 6.54 Å². The van der Waals surface area contributed by atoms with Crippen molar-refractivity contribution < 1.29 is 9.59 Å². The smallest absolute Gasteiger partial charge is 0.318 e. The molecule has 0 saturated heterocycles. The minimum Gasteiger partial charge on any atom is -0.351 e. The van der Waals surface area contributed by atoms with E-state index in [1.807, 2.05) is 26.8 Å². The standard InChI is InChI=1S/C17H22N4O3S/c1-4-9-21-15(23)11-7-5-6-8-12(11)19-17(21)25-13(10(2)3)14(22)20-16(18)24/h5-8,10,13H,4,9H2,1-3H3,(H3,18,20,22,24). The van der Waals surface area contributed by atoms with E-state index < -0.39 is 17.2 Å². The average molecular weight is 362 g/mol. The van der Waals surface area contributed by atoms with Crippen molar-refractivity contribution in [2.75, 3.05) is 0 Å². The summed E-state index contributed by atoms with van der Waals surface area (Å²) in [6.45, 7) is 6.19. The summed E-state index contributed by atoms with van der Waals surface area (Å²) in [5.41, 5.74) is 5.50. The van der Waals surface area contributed by atoms with Crippen molar-refractivity contribution in [2.45, 2.75) is 44.1 Å². The van der Waals surface area contributed by atoms with Crippen LogP contribution < -0.4 is 16.6 Å². The molecule has 1 atom stereocenters. The van der Waals surface area contributed by atoms with E-state index >= 15 is 0 Å². The Labute approximate surface area is 150 Å². The zero-order valence-corrected chi connectivity index (χ0v) is 15.3. The highest BCUT2D eigenvalue weighted by Gasteiger charge is 2.27. The number of urea groups is 1. The van der Waals surface area contributed by atoms with Crippen molar-refractivity contribution in [3.63, 3.8) is 0 Å². The number of aromatic nitrogens is 2. The number of rotatable bonds is 6.